The van der Waals surface area contributed by atoms with E-state index in [-0.39, 0.29) is 12.1 Å². The van der Waals surface area contributed by atoms with Crippen molar-refractivity contribution in [1.82, 2.24) is 5.32 Å². The average Bonchev–Trinajstić information content (AvgIpc) is 2.47. The van der Waals surface area contributed by atoms with Gasteiger partial charge in [-0.2, -0.15) is 0 Å². The van der Waals surface area contributed by atoms with Crippen LogP contribution < -0.4 is 5.32 Å². The molecule has 2 atom stereocenters. The Morgan fingerprint density at radius 2 is 1.86 bits per heavy atom. The van der Waals surface area contributed by atoms with Gasteiger partial charge in [-0.15, -0.1) is 0 Å². The Morgan fingerprint density at radius 3 is 2.52 bits per heavy atom. The van der Waals surface area contributed by atoms with Crippen LogP contribution in [0, 0.1) is 11.6 Å². The summed E-state index contributed by atoms with van der Waals surface area (Å²) in [5.41, 5.74) is 1.36. The van der Waals surface area contributed by atoms with Crippen LogP contribution in [0.3, 0.4) is 0 Å². The van der Waals surface area contributed by atoms with E-state index in [9.17, 15) is 8.78 Å². The van der Waals surface area contributed by atoms with Crippen LogP contribution in [-0.2, 0) is 0 Å². The van der Waals surface area contributed by atoms with E-state index < -0.39 is 11.6 Å². The fraction of sp³-hybridized carbons (Fsp3) is 0.294. The van der Waals surface area contributed by atoms with Gasteiger partial charge in [0.05, 0.1) is 0 Å². The van der Waals surface area contributed by atoms with E-state index in [1.165, 1.54) is 6.07 Å². The first-order valence-corrected chi connectivity index (χ1v) is 7.36. The van der Waals surface area contributed by atoms with E-state index >= 15 is 0 Å². The molecule has 0 aromatic heterocycles. The van der Waals surface area contributed by atoms with E-state index in [1.807, 2.05) is 38.1 Å². The summed E-state index contributed by atoms with van der Waals surface area (Å²) in [6, 6.07) is 11.5. The van der Waals surface area contributed by atoms with Crippen molar-refractivity contribution in [3.05, 3.63) is 70.2 Å². The molecule has 0 amide bonds. The monoisotopic (exact) mass is 309 g/mol. The highest BCUT2D eigenvalue weighted by Gasteiger charge is 2.18. The molecule has 2 aromatic carbocycles. The minimum atomic E-state index is -0.822. The highest BCUT2D eigenvalue weighted by Crippen LogP contribution is 2.26. The van der Waals surface area contributed by atoms with Crippen molar-refractivity contribution in [2.24, 2.45) is 0 Å². The lowest BCUT2D eigenvalue weighted by Gasteiger charge is -2.23. The van der Waals surface area contributed by atoms with Crippen LogP contribution >= 0.6 is 11.6 Å². The van der Waals surface area contributed by atoms with Gasteiger partial charge in [0.15, 0.2) is 11.6 Å². The van der Waals surface area contributed by atoms with Crippen molar-refractivity contribution in [2.75, 3.05) is 0 Å². The summed E-state index contributed by atoms with van der Waals surface area (Å²) in [5.74, 6) is -1.62. The van der Waals surface area contributed by atoms with E-state index in [4.69, 9.17) is 11.6 Å². The minimum Gasteiger partial charge on any atom is -0.303 e. The van der Waals surface area contributed by atoms with Crippen LogP contribution in [-0.4, -0.2) is 0 Å². The van der Waals surface area contributed by atoms with Crippen LogP contribution in [0.4, 0.5) is 8.78 Å². The van der Waals surface area contributed by atoms with E-state index in [0.717, 1.165) is 18.1 Å². The average molecular weight is 310 g/mol. The van der Waals surface area contributed by atoms with Crippen molar-refractivity contribution in [3.63, 3.8) is 0 Å². The Hall–Kier alpha value is -1.45. The van der Waals surface area contributed by atoms with Crippen LogP contribution in [0.15, 0.2) is 42.5 Å². The summed E-state index contributed by atoms with van der Waals surface area (Å²) in [4.78, 5) is 0. The fourth-order valence-corrected chi connectivity index (χ4v) is 2.62. The molecule has 1 nitrogen and oxygen atoms in total. The van der Waals surface area contributed by atoms with Gasteiger partial charge in [0.2, 0.25) is 0 Å². The maximum absolute atomic E-state index is 13.8. The van der Waals surface area contributed by atoms with Gasteiger partial charge in [-0.05, 0) is 37.1 Å². The van der Waals surface area contributed by atoms with Gasteiger partial charge < -0.3 is 5.32 Å². The highest BCUT2D eigenvalue weighted by molar-refractivity contribution is 6.30. The Kier molecular flexibility index (Phi) is 5.32. The predicted octanol–water partition coefficient (Wildman–Crippen LogP) is 5.42. The van der Waals surface area contributed by atoms with Crippen molar-refractivity contribution < 1.29 is 8.78 Å². The van der Waals surface area contributed by atoms with Crippen molar-refractivity contribution in [1.29, 1.82) is 0 Å². The molecule has 0 bridgehead atoms. The van der Waals surface area contributed by atoms with Crippen molar-refractivity contribution in [2.45, 2.75) is 32.4 Å². The highest BCUT2D eigenvalue weighted by atomic mass is 35.5. The molecule has 4 heteroatoms. The van der Waals surface area contributed by atoms with E-state index in [0.29, 0.717) is 10.6 Å². The molecule has 1 N–H and O–H groups in total. The van der Waals surface area contributed by atoms with Crippen LogP contribution in [0.1, 0.15) is 43.5 Å². The Bertz CT molecular complexity index is 615. The quantitative estimate of drug-likeness (QED) is 0.777. The number of nitrogens with one attached hydrogen (secondary N) is 1. The third-order valence-corrected chi connectivity index (χ3v) is 3.79. The molecule has 0 radical (unpaired) electrons. The van der Waals surface area contributed by atoms with Gasteiger partial charge >= 0.3 is 0 Å². The molecular formula is C17H18ClF2N. The second kappa shape index (κ2) is 7.01. The van der Waals surface area contributed by atoms with Crippen molar-refractivity contribution in [3.8, 4) is 0 Å². The zero-order chi connectivity index (χ0) is 15.4. The number of halogens is 3. The Morgan fingerprint density at radius 1 is 1.14 bits per heavy atom. The second-order valence-corrected chi connectivity index (χ2v) is 5.48. The molecule has 0 aliphatic heterocycles. The van der Waals surface area contributed by atoms with Crippen LogP contribution in [0.25, 0.3) is 0 Å². The van der Waals surface area contributed by atoms with Gasteiger partial charge in [0.1, 0.15) is 0 Å². The first-order valence-electron chi connectivity index (χ1n) is 6.98. The summed E-state index contributed by atoms with van der Waals surface area (Å²) in [5, 5.41) is 3.99. The summed E-state index contributed by atoms with van der Waals surface area (Å²) in [6.07, 6.45) is 0.821. The molecule has 2 unspecified atom stereocenters. The zero-order valence-electron chi connectivity index (χ0n) is 12.0. The predicted molar refractivity (Wildman–Crippen MR) is 82.4 cm³/mol. The fourth-order valence-electron chi connectivity index (χ4n) is 2.42. The molecule has 0 aliphatic rings. The molecule has 0 saturated carbocycles. The zero-order valence-corrected chi connectivity index (χ0v) is 12.8. The maximum atomic E-state index is 13.8. The normalized spacial score (nSPS) is 14.0. The summed E-state index contributed by atoms with van der Waals surface area (Å²) in [6.45, 7) is 3.86. The summed E-state index contributed by atoms with van der Waals surface area (Å²) >= 11 is 6.01. The molecule has 0 spiro atoms. The van der Waals surface area contributed by atoms with E-state index in [1.54, 1.807) is 6.07 Å². The molecule has 0 fully saturated rings. The SMILES string of the molecule is CCC(NC(C)c1cccc(F)c1F)c1cccc(Cl)c1. The molecule has 0 saturated heterocycles. The lowest BCUT2D eigenvalue weighted by atomic mass is 10.0. The lowest BCUT2D eigenvalue weighted by molar-refractivity contribution is 0.428. The van der Waals surface area contributed by atoms with Gasteiger partial charge in [-0.1, -0.05) is 42.8 Å². The molecule has 0 heterocycles. The van der Waals surface area contributed by atoms with Gasteiger partial charge in [-0.3, -0.25) is 0 Å². The largest absolute Gasteiger partial charge is 0.303 e. The smallest absolute Gasteiger partial charge is 0.163 e. The lowest BCUT2D eigenvalue weighted by Crippen LogP contribution is -2.25. The maximum Gasteiger partial charge on any atom is 0.163 e. The second-order valence-electron chi connectivity index (χ2n) is 5.05. The minimum absolute atomic E-state index is 0.0290. The Labute approximate surface area is 128 Å². The Balaban J connectivity index is 2.20. The standard InChI is InChI=1S/C17H18ClF2N/c1-3-16(12-6-4-7-13(18)10-12)21-11(2)14-8-5-9-15(19)17(14)20/h4-11,16,21H,3H2,1-2H3. The first-order chi connectivity index (χ1) is 10.0. The van der Waals surface area contributed by atoms with Crippen LogP contribution in [0.2, 0.25) is 5.02 Å². The van der Waals surface area contributed by atoms with Gasteiger partial charge in [0.25, 0.3) is 0 Å². The number of hydrogen-bond acceptors (Lipinski definition) is 1. The van der Waals surface area contributed by atoms with E-state index in [2.05, 4.69) is 5.32 Å². The van der Waals surface area contributed by atoms with Gasteiger partial charge in [0, 0.05) is 22.7 Å². The number of benzene rings is 2. The number of rotatable bonds is 5. The molecule has 112 valence electrons. The molecular weight excluding hydrogens is 292 g/mol. The van der Waals surface area contributed by atoms with Crippen molar-refractivity contribution >= 4 is 11.6 Å². The third kappa shape index (κ3) is 3.80. The first kappa shape index (κ1) is 15.9. The molecule has 2 aromatic rings. The molecule has 0 aliphatic carbocycles. The summed E-state index contributed by atoms with van der Waals surface area (Å²) in [7, 11) is 0. The van der Waals surface area contributed by atoms with Gasteiger partial charge in [-0.25, -0.2) is 8.78 Å². The number of hydrogen-bond donors (Lipinski definition) is 1. The molecule has 2 rings (SSSR count). The molecule has 21 heavy (non-hydrogen) atoms. The third-order valence-electron chi connectivity index (χ3n) is 3.56. The van der Waals surface area contributed by atoms with Crippen LogP contribution in [0.5, 0.6) is 0 Å². The summed E-state index contributed by atoms with van der Waals surface area (Å²) < 4.78 is 27.2. The topological polar surface area (TPSA) is 12.0 Å².